The fourth-order valence-electron chi connectivity index (χ4n) is 2.27. The van der Waals surface area contributed by atoms with Crippen LogP contribution < -0.4 is 10.6 Å². The van der Waals surface area contributed by atoms with Crippen LogP contribution in [-0.2, 0) is 16.1 Å². The van der Waals surface area contributed by atoms with E-state index in [1.807, 2.05) is 24.3 Å². The summed E-state index contributed by atoms with van der Waals surface area (Å²) in [5.41, 5.74) is 1.78. The van der Waals surface area contributed by atoms with E-state index in [-0.39, 0.29) is 17.9 Å². The lowest BCUT2D eigenvalue weighted by Crippen LogP contribution is -2.35. The zero-order valence-corrected chi connectivity index (χ0v) is 12.0. The van der Waals surface area contributed by atoms with Crippen molar-refractivity contribution in [3.63, 3.8) is 0 Å². The summed E-state index contributed by atoms with van der Waals surface area (Å²) in [5.74, 6) is 0.0363. The van der Waals surface area contributed by atoms with Gasteiger partial charge in [-0.15, -0.1) is 0 Å². The number of carbonyl (C=O) groups excluding carboxylic acids is 2. The monoisotopic (exact) mass is 275 g/mol. The van der Waals surface area contributed by atoms with E-state index < -0.39 is 0 Å². The number of carbonyl (C=O) groups is 2. The number of hydrogen-bond acceptors (Lipinski definition) is 3. The average molecular weight is 275 g/mol. The molecule has 0 spiro atoms. The molecule has 5 heteroatoms. The third-order valence-electron chi connectivity index (χ3n) is 3.53. The first-order valence-corrected chi connectivity index (χ1v) is 6.91. The molecule has 1 heterocycles. The third kappa shape index (κ3) is 3.81. The Bertz CT molecular complexity index is 496. The van der Waals surface area contributed by atoms with Gasteiger partial charge in [-0.05, 0) is 37.1 Å². The van der Waals surface area contributed by atoms with Gasteiger partial charge in [-0.25, -0.2) is 0 Å². The van der Waals surface area contributed by atoms with Crippen LogP contribution in [0.5, 0.6) is 0 Å². The van der Waals surface area contributed by atoms with Crippen molar-refractivity contribution in [1.82, 2.24) is 10.2 Å². The number of nitrogens with one attached hydrogen (secondary N) is 2. The van der Waals surface area contributed by atoms with Gasteiger partial charge in [-0.3, -0.25) is 9.59 Å². The van der Waals surface area contributed by atoms with Gasteiger partial charge in [0.15, 0.2) is 0 Å². The first-order valence-electron chi connectivity index (χ1n) is 6.91. The molecule has 0 radical (unpaired) electrons. The van der Waals surface area contributed by atoms with Crippen molar-refractivity contribution in [3.8, 4) is 0 Å². The van der Waals surface area contributed by atoms with Crippen molar-refractivity contribution in [1.29, 1.82) is 0 Å². The highest BCUT2D eigenvalue weighted by Crippen LogP contribution is 2.14. The summed E-state index contributed by atoms with van der Waals surface area (Å²) in [6.45, 7) is 2.99. The Labute approximate surface area is 119 Å². The van der Waals surface area contributed by atoms with Crippen LogP contribution in [0.4, 0.5) is 5.69 Å². The summed E-state index contributed by atoms with van der Waals surface area (Å²) in [4.78, 5) is 24.9. The normalized spacial score (nSPS) is 17.8. The summed E-state index contributed by atoms with van der Waals surface area (Å²) < 4.78 is 0. The Kier molecular flexibility index (Phi) is 4.74. The van der Waals surface area contributed by atoms with Gasteiger partial charge in [-0.2, -0.15) is 0 Å². The lowest BCUT2D eigenvalue weighted by atomic mass is 10.1. The molecule has 0 aliphatic carbocycles. The van der Waals surface area contributed by atoms with Crippen molar-refractivity contribution >= 4 is 17.5 Å². The van der Waals surface area contributed by atoms with Gasteiger partial charge in [-0.1, -0.05) is 12.1 Å². The van der Waals surface area contributed by atoms with Crippen molar-refractivity contribution in [2.45, 2.75) is 32.4 Å². The molecule has 1 atom stereocenters. The van der Waals surface area contributed by atoms with E-state index in [1.54, 1.807) is 11.9 Å². The highest BCUT2D eigenvalue weighted by molar-refractivity contribution is 5.95. The molecular weight excluding hydrogens is 254 g/mol. The molecule has 2 N–H and O–H groups in total. The van der Waals surface area contributed by atoms with E-state index >= 15 is 0 Å². The molecule has 108 valence electrons. The molecule has 1 aliphatic rings. The largest absolute Gasteiger partial charge is 0.342 e. The topological polar surface area (TPSA) is 61.4 Å². The minimum Gasteiger partial charge on any atom is -0.342 e. The van der Waals surface area contributed by atoms with E-state index in [1.165, 1.54) is 6.92 Å². The first-order chi connectivity index (χ1) is 9.56. The summed E-state index contributed by atoms with van der Waals surface area (Å²) in [7, 11) is 1.76. The molecule has 1 aromatic rings. The van der Waals surface area contributed by atoms with Gasteiger partial charge in [0.05, 0.1) is 6.04 Å². The molecule has 2 rings (SSSR count). The third-order valence-corrected chi connectivity index (χ3v) is 3.53. The second-order valence-electron chi connectivity index (χ2n) is 5.21. The van der Waals surface area contributed by atoms with Gasteiger partial charge in [0.25, 0.3) is 0 Å². The van der Waals surface area contributed by atoms with Crippen LogP contribution in [0.3, 0.4) is 0 Å². The molecule has 0 bridgehead atoms. The van der Waals surface area contributed by atoms with Crippen molar-refractivity contribution < 1.29 is 9.59 Å². The Morgan fingerprint density at radius 2 is 2.25 bits per heavy atom. The van der Waals surface area contributed by atoms with Crippen LogP contribution in [0, 0.1) is 0 Å². The van der Waals surface area contributed by atoms with E-state index in [4.69, 9.17) is 0 Å². The predicted octanol–water partition coefficient (Wildman–Crippen LogP) is 1.36. The molecule has 1 aliphatic heterocycles. The van der Waals surface area contributed by atoms with Gasteiger partial charge in [0.2, 0.25) is 11.8 Å². The number of nitrogens with zero attached hydrogens (tertiary/aromatic N) is 1. The lowest BCUT2D eigenvalue weighted by molar-refractivity contribution is -0.128. The molecule has 5 nitrogen and oxygen atoms in total. The highest BCUT2D eigenvalue weighted by Gasteiger charge is 2.21. The van der Waals surface area contributed by atoms with Crippen LogP contribution in [0.15, 0.2) is 24.3 Å². The second kappa shape index (κ2) is 6.52. The minimum absolute atomic E-state index is 0.0135. The maximum absolute atomic E-state index is 12.0. The molecular formula is C15H21N3O2. The zero-order chi connectivity index (χ0) is 14.5. The van der Waals surface area contributed by atoms with Crippen LogP contribution in [0.2, 0.25) is 0 Å². The van der Waals surface area contributed by atoms with Gasteiger partial charge < -0.3 is 15.5 Å². The summed E-state index contributed by atoms with van der Waals surface area (Å²) in [5, 5.41) is 6.10. The lowest BCUT2D eigenvalue weighted by Gasteiger charge is -2.16. The number of anilines is 1. The average Bonchev–Trinajstić information content (AvgIpc) is 2.92. The first kappa shape index (κ1) is 14.5. The van der Waals surface area contributed by atoms with E-state index in [2.05, 4.69) is 10.6 Å². The van der Waals surface area contributed by atoms with Gasteiger partial charge in [0, 0.05) is 26.2 Å². The molecule has 0 unspecified atom stereocenters. The fraction of sp³-hybridized carbons (Fsp3) is 0.467. The SMILES string of the molecule is CC(=O)N(C)Cc1cccc(NC(=O)[C@@H]2CCCN2)c1. The summed E-state index contributed by atoms with van der Waals surface area (Å²) >= 11 is 0. The van der Waals surface area contributed by atoms with E-state index in [0.717, 1.165) is 30.6 Å². The van der Waals surface area contributed by atoms with Crippen LogP contribution >= 0.6 is 0 Å². The molecule has 2 amide bonds. The zero-order valence-electron chi connectivity index (χ0n) is 12.0. The molecule has 0 saturated carbocycles. The molecule has 20 heavy (non-hydrogen) atoms. The van der Waals surface area contributed by atoms with E-state index in [9.17, 15) is 9.59 Å². The predicted molar refractivity (Wildman–Crippen MR) is 78.2 cm³/mol. The van der Waals surface area contributed by atoms with Crippen molar-refractivity contribution in [2.75, 3.05) is 18.9 Å². The maximum Gasteiger partial charge on any atom is 0.241 e. The number of benzene rings is 1. The standard InChI is InChI=1S/C15H21N3O2/c1-11(19)18(2)10-12-5-3-6-13(9-12)17-15(20)14-7-4-8-16-14/h3,5-6,9,14,16H,4,7-8,10H2,1-2H3,(H,17,20)/t14-/m0/s1. The Hall–Kier alpha value is -1.88. The number of rotatable bonds is 4. The quantitative estimate of drug-likeness (QED) is 0.872. The smallest absolute Gasteiger partial charge is 0.241 e. The number of amides is 2. The van der Waals surface area contributed by atoms with Crippen molar-refractivity contribution in [3.05, 3.63) is 29.8 Å². The highest BCUT2D eigenvalue weighted by atomic mass is 16.2. The summed E-state index contributed by atoms with van der Waals surface area (Å²) in [6.07, 6.45) is 1.93. The van der Waals surface area contributed by atoms with Crippen LogP contribution in [0.25, 0.3) is 0 Å². The Balaban J connectivity index is 1.98. The maximum atomic E-state index is 12.0. The molecule has 1 saturated heterocycles. The van der Waals surface area contributed by atoms with E-state index in [0.29, 0.717) is 6.54 Å². The second-order valence-corrected chi connectivity index (χ2v) is 5.21. The fourth-order valence-corrected chi connectivity index (χ4v) is 2.27. The van der Waals surface area contributed by atoms with Crippen LogP contribution in [0.1, 0.15) is 25.3 Å². The van der Waals surface area contributed by atoms with Gasteiger partial charge >= 0.3 is 0 Å². The minimum atomic E-state index is -0.0847. The summed E-state index contributed by atoms with van der Waals surface area (Å²) in [6, 6.07) is 7.53. The number of hydrogen-bond donors (Lipinski definition) is 2. The van der Waals surface area contributed by atoms with Crippen molar-refractivity contribution in [2.24, 2.45) is 0 Å². The molecule has 1 fully saturated rings. The molecule has 1 aromatic carbocycles. The van der Waals surface area contributed by atoms with Gasteiger partial charge in [0.1, 0.15) is 0 Å². The Morgan fingerprint density at radius 1 is 1.45 bits per heavy atom. The molecule has 0 aromatic heterocycles. The van der Waals surface area contributed by atoms with Crippen LogP contribution in [-0.4, -0.2) is 36.3 Å². The Morgan fingerprint density at radius 3 is 2.90 bits per heavy atom.